The number of thiophene rings is 1. The molecule has 1 aliphatic rings. The molecule has 1 aromatic heterocycles. The van der Waals surface area contributed by atoms with Gasteiger partial charge in [-0.25, -0.2) is 8.78 Å². The molecule has 0 amide bonds. The van der Waals surface area contributed by atoms with Crippen LogP contribution in [0.2, 0.25) is 0 Å². The van der Waals surface area contributed by atoms with Crippen molar-refractivity contribution in [2.45, 2.75) is 37.8 Å². The lowest BCUT2D eigenvalue weighted by Gasteiger charge is -2.25. The van der Waals surface area contributed by atoms with Crippen molar-refractivity contribution >= 4 is 27.3 Å². The summed E-state index contributed by atoms with van der Waals surface area (Å²) in [5.74, 6) is -1.49. The lowest BCUT2D eigenvalue weighted by atomic mass is 9.96. The summed E-state index contributed by atoms with van der Waals surface area (Å²) in [5.41, 5.74) is 0. The molecule has 26 heavy (non-hydrogen) atoms. The molecule has 0 bridgehead atoms. The summed E-state index contributed by atoms with van der Waals surface area (Å²) in [5, 5.41) is 15.7. The smallest absolute Gasteiger partial charge is 0.190 e. The predicted molar refractivity (Wildman–Crippen MR) is 103 cm³/mol. The highest BCUT2D eigenvalue weighted by Gasteiger charge is 2.27. The van der Waals surface area contributed by atoms with Crippen molar-refractivity contribution in [3.05, 3.63) is 50.6 Å². The summed E-state index contributed by atoms with van der Waals surface area (Å²) >= 11 is 4.73. The SMILES string of the molecule is OC(CNC(c1cccs1)C1CCCC1)COc1c(F)cc(Br)cc1F. The van der Waals surface area contributed by atoms with Gasteiger partial charge in [0.05, 0.1) is 0 Å². The molecule has 0 spiro atoms. The van der Waals surface area contributed by atoms with Crippen LogP contribution in [-0.2, 0) is 0 Å². The number of halogens is 3. The van der Waals surface area contributed by atoms with E-state index in [0.29, 0.717) is 16.9 Å². The first kappa shape index (κ1) is 19.7. The minimum Gasteiger partial charge on any atom is -0.485 e. The Hall–Kier alpha value is -1.02. The first-order valence-corrected chi connectivity index (χ1v) is 10.4. The summed E-state index contributed by atoms with van der Waals surface area (Å²) in [6.07, 6.45) is 3.97. The van der Waals surface area contributed by atoms with Crippen LogP contribution in [0.25, 0.3) is 0 Å². The van der Waals surface area contributed by atoms with Gasteiger partial charge in [0.2, 0.25) is 0 Å². The van der Waals surface area contributed by atoms with Crippen LogP contribution in [0.15, 0.2) is 34.1 Å². The van der Waals surface area contributed by atoms with Gasteiger partial charge in [-0.05, 0) is 42.3 Å². The summed E-state index contributed by atoms with van der Waals surface area (Å²) in [4.78, 5) is 1.26. The number of rotatable bonds is 8. The molecule has 2 N–H and O–H groups in total. The molecule has 3 nitrogen and oxygen atoms in total. The number of aliphatic hydroxyl groups is 1. The first-order valence-electron chi connectivity index (χ1n) is 8.77. The van der Waals surface area contributed by atoms with E-state index in [0.717, 1.165) is 12.1 Å². The molecular weight excluding hydrogens is 424 g/mol. The molecular formula is C19H22BrF2NO2S. The van der Waals surface area contributed by atoms with Crippen LogP contribution in [0, 0.1) is 17.6 Å². The second-order valence-electron chi connectivity index (χ2n) is 6.61. The monoisotopic (exact) mass is 445 g/mol. The molecule has 142 valence electrons. The molecule has 2 aromatic rings. The lowest BCUT2D eigenvalue weighted by Crippen LogP contribution is -2.36. The van der Waals surface area contributed by atoms with E-state index in [1.54, 1.807) is 11.3 Å². The van der Waals surface area contributed by atoms with E-state index in [1.165, 1.54) is 30.6 Å². The van der Waals surface area contributed by atoms with Crippen molar-refractivity contribution in [3.8, 4) is 5.75 Å². The molecule has 1 heterocycles. The number of benzene rings is 1. The standard InChI is InChI=1S/C19H22BrF2NO2S/c20-13-8-15(21)19(16(22)9-13)25-11-14(24)10-23-18(12-4-1-2-5-12)17-6-3-7-26-17/h3,6-9,12,14,18,23-24H,1-2,4-5,10-11H2. The van der Waals surface area contributed by atoms with Gasteiger partial charge in [0.15, 0.2) is 17.4 Å². The zero-order chi connectivity index (χ0) is 18.5. The number of ether oxygens (including phenoxy) is 1. The fourth-order valence-corrected chi connectivity index (χ4v) is 4.72. The highest BCUT2D eigenvalue weighted by atomic mass is 79.9. The van der Waals surface area contributed by atoms with Gasteiger partial charge >= 0.3 is 0 Å². The largest absolute Gasteiger partial charge is 0.485 e. The molecule has 1 aliphatic carbocycles. The van der Waals surface area contributed by atoms with Crippen molar-refractivity contribution < 1.29 is 18.6 Å². The Morgan fingerprint density at radius 1 is 1.27 bits per heavy atom. The van der Waals surface area contributed by atoms with Crippen molar-refractivity contribution in [1.82, 2.24) is 5.32 Å². The number of nitrogens with one attached hydrogen (secondary N) is 1. The van der Waals surface area contributed by atoms with Crippen molar-refractivity contribution in [3.63, 3.8) is 0 Å². The summed E-state index contributed by atoms with van der Waals surface area (Å²) < 4.78 is 33.0. The number of aliphatic hydroxyl groups excluding tert-OH is 1. The van der Waals surface area contributed by atoms with Gasteiger partial charge in [-0.2, -0.15) is 0 Å². The average molecular weight is 446 g/mol. The van der Waals surface area contributed by atoms with Gasteiger partial charge in [0, 0.05) is 21.9 Å². The van der Waals surface area contributed by atoms with E-state index >= 15 is 0 Å². The third-order valence-electron chi connectivity index (χ3n) is 4.68. The second-order valence-corrected chi connectivity index (χ2v) is 8.50. The Bertz CT molecular complexity index is 685. The zero-order valence-corrected chi connectivity index (χ0v) is 16.7. The first-order chi connectivity index (χ1) is 12.5. The third-order valence-corrected chi connectivity index (χ3v) is 6.09. The fourth-order valence-electron chi connectivity index (χ4n) is 3.43. The van der Waals surface area contributed by atoms with Crippen molar-refractivity contribution in [2.75, 3.05) is 13.2 Å². The topological polar surface area (TPSA) is 41.5 Å². The van der Waals surface area contributed by atoms with Gasteiger partial charge in [-0.1, -0.05) is 34.8 Å². The molecule has 0 saturated heterocycles. The maximum Gasteiger partial charge on any atom is 0.190 e. The molecule has 2 unspecified atom stereocenters. The lowest BCUT2D eigenvalue weighted by molar-refractivity contribution is 0.0965. The minimum atomic E-state index is -0.860. The molecule has 1 saturated carbocycles. The fraction of sp³-hybridized carbons (Fsp3) is 0.474. The van der Waals surface area contributed by atoms with E-state index in [2.05, 4.69) is 32.7 Å². The van der Waals surface area contributed by atoms with Crippen LogP contribution in [0.1, 0.15) is 36.6 Å². The Morgan fingerprint density at radius 2 is 1.96 bits per heavy atom. The molecule has 1 aromatic carbocycles. The molecule has 0 aliphatic heterocycles. The predicted octanol–water partition coefficient (Wildman–Crippen LogP) is 5.05. The Kier molecular flexibility index (Phi) is 7.03. The third kappa shape index (κ3) is 5.03. The summed E-state index contributed by atoms with van der Waals surface area (Å²) in [6, 6.07) is 6.61. The highest BCUT2D eigenvalue weighted by molar-refractivity contribution is 9.10. The molecule has 2 atom stereocenters. The molecule has 3 rings (SSSR count). The average Bonchev–Trinajstić information content (AvgIpc) is 3.28. The quantitative estimate of drug-likeness (QED) is 0.597. The van der Waals surface area contributed by atoms with E-state index in [1.807, 2.05) is 6.07 Å². The van der Waals surface area contributed by atoms with Gasteiger partial charge in [-0.3, -0.25) is 0 Å². The Labute approximate surface area is 164 Å². The van der Waals surface area contributed by atoms with Gasteiger partial charge in [0.25, 0.3) is 0 Å². The maximum absolute atomic E-state index is 13.8. The van der Waals surface area contributed by atoms with Gasteiger partial charge in [0.1, 0.15) is 12.7 Å². The second kappa shape index (κ2) is 9.26. The van der Waals surface area contributed by atoms with E-state index in [-0.39, 0.29) is 12.6 Å². The van der Waals surface area contributed by atoms with Crippen LogP contribution < -0.4 is 10.1 Å². The van der Waals surface area contributed by atoms with Crippen LogP contribution in [0.4, 0.5) is 8.78 Å². The van der Waals surface area contributed by atoms with Crippen LogP contribution >= 0.6 is 27.3 Å². The highest BCUT2D eigenvalue weighted by Crippen LogP contribution is 2.37. The van der Waals surface area contributed by atoms with E-state index in [9.17, 15) is 13.9 Å². The molecule has 0 radical (unpaired) electrons. The van der Waals surface area contributed by atoms with Crippen LogP contribution in [-0.4, -0.2) is 24.4 Å². The van der Waals surface area contributed by atoms with Crippen LogP contribution in [0.3, 0.4) is 0 Å². The summed E-state index contributed by atoms with van der Waals surface area (Å²) in [6.45, 7) is 0.128. The van der Waals surface area contributed by atoms with Crippen LogP contribution in [0.5, 0.6) is 5.75 Å². The van der Waals surface area contributed by atoms with Crippen molar-refractivity contribution in [2.24, 2.45) is 5.92 Å². The number of hydrogen-bond acceptors (Lipinski definition) is 4. The minimum absolute atomic E-state index is 0.176. The van der Waals surface area contributed by atoms with Gasteiger partial charge < -0.3 is 15.2 Å². The van der Waals surface area contributed by atoms with Gasteiger partial charge in [-0.15, -0.1) is 11.3 Å². The Morgan fingerprint density at radius 3 is 2.58 bits per heavy atom. The number of hydrogen-bond donors (Lipinski definition) is 2. The van der Waals surface area contributed by atoms with E-state index < -0.39 is 23.5 Å². The Balaban J connectivity index is 1.55. The zero-order valence-electron chi connectivity index (χ0n) is 14.3. The summed E-state index contributed by atoms with van der Waals surface area (Å²) in [7, 11) is 0. The normalized spacial score (nSPS) is 17.4. The molecule has 1 fully saturated rings. The maximum atomic E-state index is 13.8. The van der Waals surface area contributed by atoms with E-state index in [4.69, 9.17) is 4.74 Å². The molecule has 7 heteroatoms. The van der Waals surface area contributed by atoms with Crippen molar-refractivity contribution in [1.29, 1.82) is 0 Å².